The molecule has 3 nitrogen and oxygen atoms in total. The Bertz CT molecular complexity index is 219. The van der Waals surface area contributed by atoms with Gasteiger partial charge >= 0.3 is 0 Å². The van der Waals surface area contributed by atoms with Gasteiger partial charge in [-0.2, -0.15) is 0 Å². The zero-order valence-electron chi connectivity index (χ0n) is 10.5. The summed E-state index contributed by atoms with van der Waals surface area (Å²) in [5, 5.41) is 0. The molecule has 2 N–H and O–H groups in total. The molecule has 0 saturated heterocycles. The molecule has 0 aromatic carbocycles. The lowest BCUT2D eigenvalue weighted by atomic mass is 10.1. The van der Waals surface area contributed by atoms with E-state index in [-0.39, 0.29) is 5.91 Å². The zero-order chi connectivity index (χ0) is 12.4. The highest BCUT2D eigenvalue weighted by Crippen LogP contribution is 2.07. The Morgan fingerprint density at radius 2 is 1.75 bits per heavy atom. The van der Waals surface area contributed by atoms with Crippen molar-refractivity contribution in [1.82, 2.24) is 4.90 Å². The fourth-order valence-corrected chi connectivity index (χ4v) is 1.76. The Morgan fingerprint density at radius 3 is 2.31 bits per heavy atom. The van der Waals surface area contributed by atoms with Crippen LogP contribution in [0.1, 0.15) is 51.9 Å². The largest absolute Gasteiger partial charge is 0.392 e. The summed E-state index contributed by atoms with van der Waals surface area (Å²) in [4.78, 5) is 13.6. The fourth-order valence-electron chi connectivity index (χ4n) is 1.57. The van der Waals surface area contributed by atoms with E-state index in [0.717, 1.165) is 12.8 Å². The van der Waals surface area contributed by atoms with E-state index in [1.807, 2.05) is 0 Å². The molecule has 94 valence electrons. The van der Waals surface area contributed by atoms with Crippen LogP contribution in [0, 0.1) is 0 Å². The van der Waals surface area contributed by atoms with Crippen molar-refractivity contribution >= 4 is 23.1 Å². The summed E-state index contributed by atoms with van der Waals surface area (Å²) in [5.41, 5.74) is 5.38. The van der Waals surface area contributed by atoms with Crippen LogP contribution < -0.4 is 5.73 Å². The molecule has 0 heterocycles. The van der Waals surface area contributed by atoms with Gasteiger partial charge < -0.3 is 10.6 Å². The molecule has 0 aliphatic heterocycles. The van der Waals surface area contributed by atoms with Crippen LogP contribution in [0.5, 0.6) is 0 Å². The Morgan fingerprint density at radius 1 is 1.19 bits per heavy atom. The number of thiocarbonyl (C=S) groups is 1. The van der Waals surface area contributed by atoms with Crippen molar-refractivity contribution in [1.29, 1.82) is 0 Å². The molecule has 0 spiro atoms. The highest BCUT2D eigenvalue weighted by molar-refractivity contribution is 7.80. The molecule has 0 fully saturated rings. The van der Waals surface area contributed by atoms with Gasteiger partial charge in [0.25, 0.3) is 0 Å². The predicted molar refractivity (Wildman–Crippen MR) is 72.4 cm³/mol. The minimum Gasteiger partial charge on any atom is -0.392 e. The third-order valence-corrected chi connectivity index (χ3v) is 2.69. The third kappa shape index (κ3) is 8.65. The molecule has 4 heteroatoms. The Labute approximate surface area is 104 Å². The molecule has 0 saturated carbocycles. The van der Waals surface area contributed by atoms with Crippen LogP contribution in [0.25, 0.3) is 0 Å². The Hall–Kier alpha value is -0.640. The maximum atomic E-state index is 11.6. The van der Waals surface area contributed by atoms with Crippen molar-refractivity contribution in [2.45, 2.75) is 51.9 Å². The number of amides is 1. The summed E-state index contributed by atoms with van der Waals surface area (Å²) in [5.74, 6) is 0.142. The van der Waals surface area contributed by atoms with Gasteiger partial charge in [0, 0.05) is 13.5 Å². The number of carbonyl (C=O) groups excluding carboxylic acids is 1. The number of hydrogen-bond acceptors (Lipinski definition) is 2. The quantitative estimate of drug-likeness (QED) is 0.500. The summed E-state index contributed by atoms with van der Waals surface area (Å²) < 4.78 is 0. The number of carbonyl (C=O) groups is 1. The summed E-state index contributed by atoms with van der Waals surface area (Å²) in [6.07, 6.45) is 7.82. The number of nitrogens with two attached hydrogens (primary N) is 1. The smallest absolute Gasteiger partial charge is 0.222 e. The normalized spacial score (nSPS) is 10.1. The van der Waals surface area contributed by atoms with Gasteiger partial charge in [-0.25, -0.2) is 0 Å². The highest BCUT2D eigenvalue weighted by atomic mass is 32.1. The second-order valence-electron chi connectivity index (χ2n) is 4.23. The minimum atomic E-state index is 0.142. The molecule has 0 atom stereocenters. The number of hydrogen-bond donors (Lipinski definition) is 1. The second-order valence-corrected chi connectivity index (χ2v) is 4.76. The summed E-state index contributed by atoms with van der Waals surface area (Å²) in [6, 6.07) is 0. The van der Waals surface area contributed by atoms with Crippen molar-refractivity contribution in [2.75, 3.05) is 13.6 Å². The minimum absolute atomic E-state index is 0.142. The first-order valence-electron chi connectivity index (χ1n) is 6.10. The van der Waals surface area contributed by atoms with E-state index in [9.17, 15) is 4.79 Å². The summed E-state index contributed by atoms with van der Waals surface area (Å²) in [6.45, 7) is 2.60. The molecule has 0 aliphatic rings. The van der Waals surface area contributed by atoms with Crippen LogP contribution >= 0.6 is 12.2 Å². The molecule has 0 bridgehead atoms. The number of likely N-dealkylation sites (N-methyl/N-ethyl adjacent to an activating group) is 1. The van der Waals surface area contributed by atoms with Gasteiger partial charge in [0.15, 0.2) is 0 Å². The van der Waals surface area contributed by atoms with Crippen molar-refractivity contribution < 1.29 is 4.79 Å². The van der Waals surface area contributed by atoms with Gasteiger partial charge in [0.2, 0.25) is 5.91 Å². The van der Waals surface area contributed by atoms with Crippen LogP contribution in [0.4, 0.5) is 0 Å². The third-order valence-electron chi connectivity index (χ3n) is 2.56. The highest BCUT2D eigenvalue weighted by Gasteiger charge is 2.08. The molecule has 0 radical (unpaired) electrons. The number of nitrogens with zero attached hydrogens (tertiary/aromatic N) is 1. The average molecular weight is 244 g/mol. The maximum Gasteiger partial charge on any atom is 0.222 e. The standard InChI is InChI=1S/C12H24N2OS/c1-3-4-5-6-7-8-9-12(15)14(2)10-11(13)16/h3-10H2,1-2H3,(H2,13,16). The molecule has 0 rings (SSSR count). The SMILES string of the molecule is CCCCCCCCC(=O)N(C)CC(N)=S. The maximum absolute atomic E-state index is 11.6. The van der Waals surface area contributed by atoms with E-state index >= 15 is 0 Å². The molecular weight excluding hydrogens is 220 g/mol. The van der Waals surface area contributed by atoms with Crippen LogP contribution in [0.2, 0.25) is 0 Å². The van der Waals surface area contributed by atoms with Crippen LogP contribution in [0.3, 0.4) is 0 Å². The van der Waals surface area contributed by atoms with Gasteiger partial charge in [-0.15, -0.1) is 0 Å². The fraction of sp³-hybridized carbons (Fsp3) is 0.833. The van der Waals surface area contributed by atoms with Crippen molar-refractivity contribution in [3.63, 3.8) is 0 Å². The van der Waals surface area contributed by atoms with E-state index in [4.69, 9.17) is 18.0 Å². The van der Waals surface area contributed by atoms with Crippen LogP contribution in [-0.2, 0) is 4.79 Å². The van der Waals surface area contributed by atoms with Crippen molar-refractivity contribution in [3.8, 4) is 0 Å². The first-order chi connectivity index (χ1) is 7.57. The van der Waals surface area contributed by atoms with E-state index < -0.39 is 0 Å². The average Bonchev–Trinajstić information content (AvgIpc) is 2.21. The van der Waals surface area contributed by atoms with Crippen LogP contribution in [-0.4, -0.2) is 29.4 Å². The van der Waals surface area contributed by atoms with E-state index in [1.165, 1.54) is 25.7 Å². The molecule has 1 amide bonds. The molecule has 0 unspecified atom stereocenters. The van der Waals surface area contributed by atoms with E-state index in [0.29, 0.717) is 18.0 Å². The van der Waals surface area contributed by atoms with Crippen molar-refractivity contribution in [3.05, 3.63) is 0 Å². The molecular formula is C12H24N2OS. The van der Waals surface area contributed by atoms with Gasteiger partial charge in [0.1, 0.15) is 0 Å². The topological polar surface area (TPSA) is 46.3 Å². The lowest BCUT2D eigenvalue weighted by Gasteiger charge is -2.15. The summed E-state index contributed by atoms with van der Waals surface area (Å²) >= 11 is 4.76. The Balaban J connectivity index is 3.46. The lowest BCUT2D eigenvalue weighted by molar-refractivity contribution is -0.129. The van der Waals surface area contributed by atoms with Gasteiger partial charge in [0.05, 0.1) is 11.5 Å². The van der Waals surface area contributed by atoms with Gasteiger partial charge in [-0.3, -0.25) is 4.79 Å². The molecule has 0 aromatic heterocycles. The first-order valence-corrected chi connectivity index (χ1v) is 6.51. The van der Waals surface area contributed by atoms with Crippen molar-refractivity contribution in [2.24, 2.45) is 5.73 Å². The summed E-state index contributed by atoms with van der Waals surface area (Å²) in [7, 11) is 1.75. The first kappa shape index (κ1) is 15.4. The van der Waals surface area contributed by atoms with E-state index in [2.05, 4.69) is 6.92 Å². The molecule has 0 aromatic rings. The molecule has 0 aliphatic carbocycles. The van der Waals surface area contributed by atoms with E-state index in [1.54, 1.807) is 11.9 Å². The van der Waals surface area contributed by atoms with Gasteiger partial charge in [-0.05, 0) is 6.42 Å². The predicted octanol–water partition coefficient (Wildman–Crippen LogP) is 2.48. The molecule has 16 heavy (non-hydrogen) atoms. The lowest BCUT2D eigenvalue weighted by Crippen LogP contribution is -2.34. The van der Waals surface area contributed by atoms with Gasteiger partial charge in [-0.1, -0.05) is 51.2 Å². The number of unbranched alkanes of at least 4 members (excludes halogenated alkanes) is 5. The Kier molecular flexibility index (Phi) is 9.19. The van der Waals surface area contributed by atoms with Crippen LogP contribution in [0.15, 0.2) is 0 Å². The second kappa shape index (κ2) is 9.58. The zero-order valence-corrected chi connectivity index (χ0v) is 11.3. The monoisotopic (exact) mass is 244 g/mol. The number of rotatable bonds is 9.